The van der Waals surface area contributed by atoms with E-state index in [9.17, 15) is 4.79 Å². The minimum absolute atomic E-state index is 0.271. The van der Waals surface area contributed by atoms with Crippen molar-refractivity contribution in [1.82, 2.24) is 0 Å². The third-order valence-corrected chi connectivity index (χ3v) is 6.48. The third kappa shape index (κ3) is 4.52. The van der Waals surface area contributed by atoms with Crippen molar-refractivity contribution < 1.29 is 19.1 Å². The van der Waals surface area contributed by atoms with Gasteiger partial charge in [0.05, 0.1) is 19.4 Å². The number of likely N-dealkylation sites (tertiary alicyclic amines) is 1. The maximum Gasteiger partial charge on any atom is 0.336 e. The van der Waals surface area contributed by atoms with Crippen LogP contribution in [0.25, 0.3) is 11.0 Å². The highest BCUT2D eigenvalue weighted by Crippen LogP contribution is 2.26. The van der Waals surface area contributed by atoms with Gasteiger partial charge in [0.15, 0.2) is 11.8 Å². The lowest BCUT2D eigenvalue weighted by Gasteiger charge is -2.29. The first-order valence-electron chi connectivity index (χ1n) is 11.3. The number of piperidine rings is 1. The molecule has 1 fully saturated rings. The van der Waals surface area contributed by atoms with Crippen LogP contribution in [0.3, 0.4) is 0 Å². The summed E-state index contributed by atoms with van der Waals surface area (Å²) < 4.78 is 11.3. The zero-order valence-electron chi connectivity index (χ0n) is 18.4. The molecule has 1 aliphatic rings. The Morgan fingerprint density at radius 2 is 1.93 bits per heavy atom. The molecular formula is C25H34N2O3+2. The number of rotatable bonds is 7. The highest BCUT2D eigenvalue weighted by Gasteiger charge is 2.29. The fourth-order valence-electron chi connectivity index (χ4n) is 4.92. The lowest BCUT2D eigenvalue weighted by molar-refractivity contribution is -0.951. The molecule has 0 unspecified atom stereocenters. The molecule has 0 amide bonds. The summed E-state index contributed by atoms with van der Waals surface area (Å²) in [6, 6.07) is 10.3. The second-order valence-corrected chi connectivity index (χ2v) is 8.97. The molecule has 0 radical (unpaired) electrons. The molecule has 1 saturated heterocycles. The zero-order chi connectivity index (χ0) is 21.1. The van der Waals surface area contributed by atoms with Gasteiger partial charge in [0.25, 0.3) is 0 Å². The summed E-state index contributed by atoms with van der Waals surface area (Å²) in [5, 5.41) is 3.37. The third-order valence-electron chi connectivity index (χ3n) is 6.48. The van der Waals surface area contributed by atoms with Crippen LogP contribution >= 0.6 is 0 Å². The first-order valence-corrected chi connectivity index (χ1v) is 11.3. The van der Waals surface area contributed by atoms with Gasteiger partial charge >= 0.3 is 5.63 Å². The number of hydrogen-bond acceptors (Lipinski definition) is 3. The summed E-state index contributed by atoms with van der Waals surface area (Å²) in [5.41, 5.74) is 3.95. The SMILES string of the molecule is Cc1cc2oc(=O)cc(C[NH2+]C[C@H](c3ccco3)[NH+]3CCCCC3)c2cc1C(C)C. The van der Waals surface area contributed by atoms with Crippen LogP contribution in [0.2, 0.25) is 0 Å². The van der Waals surface area contributed by atoms with E-state index in [4.69, 9.17) is 8.83 Å². The summed E-state index contributed by atoms with van der Waals surface area (Å²) in [5.74, 6) is 1.50. The Bertz CT molecular complexity index is 1030. The van der Waals surface area contributed by atoms with E-state index in [2.05, 4.69) is 38.2 Å². The van der Waals surface area contributed by atoms with Gasteiger partial charge in [0, 0.05) is 17.0 Å². The molecule has 160 valence electrons. The summed E-state index contributed by atoms with van der Waals surface area (Å²) >= 11 is 0. The monoisotopic (exact) mass is 410 g/mol. The quantitative estimate of drug-likeness (QED) is 0.589. The molecule has 3 aromatic rings. The molecule has 1 aromatic carbocycles. The van der Waals surface area contributed by atoms with Crippen molar-refractivity contribution in [2.45, 2.75) is 58.5 Å². The smallest absolute Gasteiger partial charge is 0.336 e. The van der Waals surface area contributed by atoms with E-state index in [1.54, 1.807) is 17.2 Å². The van der Waals surface area contributed by atoms with Gasteiger partial charge in [-0.05, 0) is 67.5 Å². The molecule has 3 N–H and O–H groups in total. The molecule has 1 atom stereocenters. The normalized spacial score (nSPS) is 16.4. The Balaban J connectivity index is 1.56. The van der Waals surface area contributed by atoms with Gasteiger partial charge < -0.3 is 19.1 Å². The molecule has 2 aromatic heterocycles. The van der Waals surface area contributed by atoms with E-state index in [0.717, 1.165) is 29.8 Å². The lowest BCUT2D eigenvalue weighted by Crippen LogP contribution is -3.15. The van der Waals surface area contributed by atoms with Crippen LogP contribution in [0.5, 0.6) is 0 Å². The van der Waals surface area contributed by atoms with Crippen molar-refractivity contribution >= 4 is 11.0 Å². The summed E-state index contributed by atoms with van der Waals surface area (Å²) in [7, 11) is 0. The van der Waals surface area contributed by atoms with E-state index >= 15 is 0 Å². The number of fused-ring (bicyclic) bond motifs is 1. The number of nitrogens with one attached hydrogen (secondary N) is 1. The van der Waals surface area contributed by atoms with Crippen molar-refractivity contribution in [3.63, 3.8) is 0 Å². The van der Waals surface area contributed by atoms with Gasteiger partial charge in [-0.3, -0.25) is 0 Å². The average Bonchev–Trinajstić information content (AvgIpc) is 3.25. The second-order valence-electron chi connectivity index (χ2n) is 8.97. The number of furan rings is 1. The number of nitrogens with two attached hydrogens (primary N) is 1. The molecule has 0 bridgehead atoms. The number of benzene rings is 1. The molecule has 5 nitrogen and oxygen atoms in total. The van der Waals surface area contributed by atoms with Crippen molar-refractivity contribution in [1.29, 1.82) is 0 Å². The van der Waals surface area contributed by atoms with Crippen LogP contribution in [0.4, 0.5) is 0 Å². The van der Waals surface area contributed by atoms with E-state index in [1.807, 2.05) is 12.1 Å². The first-order chi connectivity index (χ1) is 14.5. The molecule has 1 aliphatic heterocycles. The van der Waals surface area contributed by atoms with Crippen LogP contribution in [0.15, 0.2) is 50.2 Å². The molecule has 0 aliphatic carbocycles. The van der Waals surface area contributed by atoms with Gasteiger partial charge in [-0.1, -0.05) is 13.8 Å². The zero-order valence-corrected chi connectivity index (χ0v) is 18.4. The molecular weight excluding hydrogens is 376 g/mol. The molecule has 5 heteroatoms. The van der Waals surface area contributed by atoms with Crippen molar-refractivity contribution in [2.75, 3.05) is 19.6 Å². The Kier molecular flexibility index (Phi) is 6.40. The topological polar surface area (TPSA) is 64.4 Å². The van der Waals surface area contributed by atoms with E-state index in [1.165, 1.54) is 43.5 Å². The van der Waals surface area contributed by atoms with Crippen LogP contribution in [0, 0.1) is 6.92 Å². The molecule has 0 spiro atoms. The number of hydrogen-bond donors (Lipinski definition) is 2. The average molecular weight is 411 g/mol. The molecule has 4 rings (SSSR count). The van der Waals surface area contributed by atoms with Crippen LogP contribution in [-0.2, 0) is 6.54 Å². The fraction of sp³-hybridized carbons (Fsp3) is 0.480. The minimum atomic E-state index is -0.271. The summed E-state index contributed by atoms with van der Waals surface area (Å²) in [6.45, 7) is 10.6. The van der Waals surface area contributed by atoms with E-state index in [0.29, 0.717) is 17.5 Å². The Labute approximate surface area is 178 Å². The van der Waals surface area contributed by atoms with Gasteiger partial charge in [0.2, 0.25) is 0 Å². The maximum absolute atomic E-state index is 12.2. The fourth-order valence-corrected chi connectivity index (χ4v) is 4.92. The second kappa shape index (κ2) is 9.19. The highest BCUT2D eigenvalue weighted by molar-refractivity contribution is 5.82. The lowest BCUT2D eigenvalue weighted by atomic mass is 9.95. The predicted octanol–water partition coefficient (Wildman–Crippen LogP) is 2.69. The molecule has 0 saturated carbocycles. The van der Waals surface area contributed by atoms with Crippen molar-refractivity contribution in [2.24, 2.45) is 0 Å². The maximum atomic E-state index is 12.2. The van der Waals surface area contributed by atoms with Crippen LogP contribution in [-0.4, -0.2) is 19.6 Å². The first kappa shape index (κ1) is 20.9. The standard InChI is InChI=1S/C25H32N2O3/c1-17(2)20-14-21-19(13-25(28)30-24(21)12-18(20)3)15-26-16-22(23-8-7-11-29-23)27-9-5-4-6-10-27/h7-8,11-14,17,22,26H,4-6,9-10,15-16H2,1-3H3/p+2/t22-/m1/s1. The Hall–Kier alpha value is -2.37. The van der Waals surface area contributed by atoms with Crippen LogP contribution in [0.1, 0.15) is 67.5 Å². The predicted molar refractivity (Wildman–Crippen MR) is 118 cm³/mol. The highest BCUT2D eigenvalue weighted by atomic mass is 16.4. The Morgan fingerprint density at radius 1 is 1.13 bits per heavy atom. The number of quaternary nitrogens is 2. The summed E-state index contributed by atoms with van der Waals surface area (Å²) in [6.07, 6.45) is 5.68. The van der Waals surface area contributed by atoms with Crippen LogP contribution < -0.4 is 15.8 Å². The van der Waals surface area contributed by atoms with Crippen molar-refractivity contribution in [3.05, 3.63) is 69.5 Å². The Morgan fingerprint density at radius 3 is 2.63 bits per heavy atom. The van der Waals surface area contributed by atoms with E-state index < -0.39 is 0 Å². The minimum Gasteiger partial charge on any atom is -0.463 e. The van der Waals surface area contributed by atoms with Gasteiger partial charge in [-0.25, -0.2) is 4.79 Å². The van der Waals surface area contributed by atoms with Gasteiger partial charge in [0.1, 0.15) is 18.7 Å². The largest absolute Gasteiger partial charge is 0.463 e. The number of aryl methyl sites for hydroxylation is 1. The molecule has 3 heterocycles. The molecule has 30 heavy (non-hydrogen) atoms. The van der Waals surface area contributed by atoms with Gasteiger partial charge in [-0.2, -0.15) is 0 Å². The van der Waals surface area contributed by atoms with Gasteiger partial charge in [-0.15, -0.1) is 0 Å². The summed E-state index contributed by atoms with van der Waals surface area (Å²) in [4.78, 5) is 13.8. The van der Waals surface area contributed by atoms with Crippen molar-refractivity contribution in [3.8, 4) is 0 Å². The van der Waals surface area contributed by atoms with E-state index in [-0.39, 0.29) is 5.63 Å².